The summed E-state index contributed by atoms with van der Waals surface area (Å²) in [5, 5.41) is 11.7. The van der Waals surface area contributed by atoms with Crippen LogP contribution in [0, 0.1) is 0 Å². The minimum absolute atomic E-state index is 0.145. The Morgan fingerprint density at radius 3 is 2.65 bits per heavy atom. The van der Waals surface area contributed by atoms with Gasteiger partial charge < -0.3 is 20.2 Å². The fourth-order valence-corrected chi connectivity index (χ4v) is 4.57. The molecule has 0 spiro atoms. The quantitative estimate of drug-likeness (QED) is 0.581. The molecule has 0 bridgehead atoms. The maximum Gasteiger partial charge on any atom is 0.240 e. The van der Waals surface area contributed by atoms with Crippen molar-refractivity contribution >= 4 is 23.4 Å². The van der Waals surface area contributed by atoms with Crippen LogP contribution >= 0.6 is 11.8 Å². The first-order valence-electron chi connectivity index (χ1n) is 10.2. The predicted molar refractivity (Wildman–Crippen MR) is 120 cm³/mol. The highest BCUT2D eigenvalue weighted by Gasteiger charge is 2.38. The number of hydrogen-bond acceptors (Lipinski definition) is 7. The number of aryl methyl sites for hydroxylation is 1. The number of amides is 1. The van der Waals surface area contributed by atoms with Gasteiger partial charge in [0, 0.05) is 6.42 Å². The molecule has 0 saturated carbocycles. The lowest BCUT2D eigenvalue weighted by atomic mass is 10.0. The van der Waals surface area contributed by atoms with E-state index in [1.165, 1.54) is 11.8 Å². The molecule has 2 aromatic carbocycles. The molecular weight excluding hydrogens is 414 g/mol. The third kappa shape index (κ3) is 4.32. The van der Waals surface area contributed by atoms with Crippen LogP contribution in [0.5, 0.6) is 11.5 Å². The number of anilines is 1. The van der Waals surface area contributed by atoms with Gasteiger partial charge in [-0.3, -0.25) is 4.79 Å². The molecule has 1 aliphatic heterocycles. The first-order chi connectivity index (χ1) is 15.1. The second kappa shape index (κ2) is 9.30. The summed E-state index contributed by atoms with van der Waals surface area (Å²) in [7, 11) is 1.58. The molecule has 9 heteroatoms. The zero-order valence-corrected chi connectivity index (χ0v) is 18.5. The number of carbonyl (C=O) groups is 1. The monoisotopic (exact) mass is 439 g/mol. The maximum absolute atomic E-state index is 13.4. The molecule has 8 nitrogen and oxygen atoms in total. The molecule has 0 aliphatic carbocycles. The van der Waals surface area contributed by atoms with E-state index in [2.05, 4.69) is 20.9 Å². The standard InChI is InChI=1S/C22H25N5O3S/c1-4-18-24-25-22-27(18)26-19(14-10-12-15(13-11-14)30-5-2)20(31-22)21(28)23-16-8-6-7-9-17(16)29-3/h6-13,19-20,26H,4-5H2,1-3H3,(H,23,28)/t19-,20-/m1/s1. The lowest BCUT2D eigenvalue weighted by Gasteiger charge is -2.33. The zero-order chi connectivity index (χ0) is 21.8. The van der Waals surface area contributed by atoms with Crippen LogP contribution in [0.3, 0.4) is 0 Å². The first kappa shape index (κ1) is 21.0. The normalized spacial score (nSPS) is 17.4. The minimum atomic E-state index is -0.468. The average molecular weight is 440 g/mol. The van der Waals surface area contributed by atoms with Crippen molar-refractivity contribution in [3.05, 3.63) is 59.9 Å². The van der Waals surface area contributed by atoms with Gasteiger partial charge in [0.05, 0.1) is 25.4 Å². The fourth-order valence-electron chi connectivity index (χ4n) is 3.47. The van der Waals surface area contributed by atoms with E-state index in [4.69, 9.17) is 9.47 Å². The van der Waals surface area contributed by atoms with Gasteiger partial charge in [0.15, 0.2) is 5.82 Å². The molecule has 0 saturated heterocycles. The highest BCUT2D eigenvalue weighted by Crippen LogP contribution is 2.38. The van der Waals surface area contributed by atoms with E-state index >= 15 is 0 Å². The van der Waals surface area contributed by atoms with Crippen LogP contribution in [0.15, 0.2) is 53.7 Å². The molecule has 2 N–H and O–H groups in total. The van der Waals surface area contributed by atoms with Crippen molar-refractivity contribution in [1.29, 1.82) is 0 Å². The van der Waals surface area contributed by atoms with Crippen LogP contribution in [-0.2, 0) is 11.2 Å². The third-order valence-electron chi connectivity index (χ3n) is 4.99. The number of para-hydroxylation sites is 2. The molecule has 0 fully saturated rings. The van der Waals surface area contributed by atoms with E-state index < -0.39 is 5.25 Å². The van der Waals surface area contributed by atoms with Gasteiger partial charge in [-0.25, -0.2) is 4.68 Å². The van der Waals surface area contributed by atoms with Crippen LogP contribution in [0.25, 0.3) is 0 Å². The Morgan fingerprint density at radius 1 is 1.16 bits per heavy atom. The summed E-state index contributed by atoms with van der Waals surface area (Å²) in [6, 6.07) is 14.9. The van der Waals surface area contributed by atoms with Crippen LogP contribution in [0.2, 0.25) is 0 Å². The molecule has 1 aliphatic rings. The number of ether oxygens (including phenoxy) is 2. The summed E-state index contributed by atoms with van der Waals surface area (Å²) in [5.41, 5.74) is 5.04. The third-order valence-corrected chi connectivity index (χ3v) is 6.21. The Morgan fingerprint density at radius 2 is 1.94 bits per heavy atom. The Hall–Kier alpha value is -3.20. The summed E-state index contributed by atoms with van der Waals surface area (Å²) in [4.78, 5) is 13.4. The van der Waals surface area contributed by atoms with Crippen LogP contribution < -0.4 is 20.2 Å². The Bertz CT molecular complexity index is 1050. The second-order valence-corrected chi connectivity index (χ2v) is 8.03. The summed E-state index contributed by atoms with van der Waals surface area (Å²) in [6.07, 6.45) is 0.731. The largest absolute Gasteiger partial charge is 0.495 e. The van der Waals surface area contributed by atoms with Gasteiger partial charge in [0.2, 0.25) is 11.1 Å². The van der Waals surface area contributed by atoms with Crippen LogP contribution in [0.4, 0.5) is 5.69 Å². The number of rotatable bonds is 7. The number of thioether (sulfide) groups is 1. The molecule has 1 aromatic heterocycles. The van der Waals surface area contributed by atoms with Crippen molar-refractivity contribution in [1.82, 2.24) is 14.9 Å². The average Bonchev–Trinajstić information content (AvgIpc) is 3.21. The summed E-state index contributed by atoms with van der Waals surface area (Å²) in [5.74, 6) is 2.08. The van der Waals surface area contributed by atoms with Crippen molar-refractivity contribution < 1.29 is 14.3 Å². The van der Waals surface area contributed by atoms with E-state index in [1.54, 1.807) is 7.11 Å². The van der Waals surface area contributed by atoms with Gasteiger partial charge in [-0.2, -0.15) is 0 Å². The molecular formula is C22H25N5O3S. The fraction of sp³-hybridized carbons (Fsp3) is 0.318. The highest BCUT2D eigenvalue weighted by atomic mass is 32.2. The van der Waals surface area contributed by atoms with Crippen LogP contribution in [0.1, 0.15) is 31.3 Å². The maximum atomic E-state index is 13.4. The van der Waals surface area contributed by atoms with Crippen LogP contribution in [-0.4, -0.2) is 39.7 Å². The number of carbonyl (C=O) groups excluding carboxylic acids is 1. The van der Waals surface area contributed by atoms with Gasteiger partial charge in [-0.05, 0) is 36.8 Å². The van der Waals surface area contributed by atoms with Gasteiger partial charge in [0.1, 0.15) is 16.7 Å². The molecule has 0 unspecified atom stereocenters. The number of benzene rings is 2. The predicted octanol–water partition coefficient (Wildman–Crippen LogP) is 3.65. The summed E-state index contributed by atoms with van der Waals surface area (Å²) >= 11 is 1.39. The smallest absolute Gasteiger partial charge is 0.240 e. The van der Waals surface area contributed by atoms with E-state index in [0.29, 0.717) is 23.2 Å². The molecule has 3 aromatic rings. The number of nitrogens with one attached hydrogen (secondary N) is 2. The topological polar surface area (TPSA) is 90.3 Å². The van der Waals surface area contributed by atoms with Gasteiger partial charge in [-0.15, -0.1) is 10.2 Å². The van der Waals surface area contributed by atoms with Gasteiger partial charge in [0.25, 0.3) is 0 Å². The number of nitrogens with zero attached hydrogens (tertiary/aromatic N) is 3. The second-order valence-electron chi connectivity index (χ2n) is 6.92. The van der Waals surface area contributed by atoms with Crippen molar-refractivity contribution in [2.45, 2.75) is 36.7 Å². The summed E-state index contributed by atoms with van der Waals surface area (Å²) in [6.45, 7) is 4.58. The van der Waals surface area contributed by atoms with E-state index in [1.807, 2.05) is 67.1 Å². The highest BCUT2D eigenvalue weighted by molar-refractivity contribution is 8.00. The zero-order valence-electron chi connectivity index (χ0n) is 17.7. The molecule has 4 rings (SSSR count). The van der Waals surface area contributed by atoms with E-state index in [0.717, 1.165) is 23.6 Å². The lowest BCUT2D eigenvalue weighted by molar-refractivity contribution is -0.116. The number of aromatic nitrogens is 3. The Kier molecular flexibility index (Phi) is 6.31. The van der Waals surface area contributed by atoms with Gasteiger partial charge in [-0.1, -0.05) is 43.0 Å². The number of fused-ring (bicyclic) bond motifs is 1. The molecule has 31 heavy (non-hydrogen) atoms. The van der Waals surface area contributed by atoms with E-state index in [9.17, 15) is 4.79 Å². The van der Waals surface area contributed by atoms with Crippen molar-refractivity contribution in [3.63, 3.8) is 0 Å². The Balaban J connectivity index is 1.66. The molecule has 2 heterocycles. The van der Waals surface area contributed by atoms with Crippen molar-refractivity contribution in [3.8, 4) is 11.5 Å². The molecule has 1 amide bonds. The number of hydrogen-bond donors (Lipinski definition) is 2. The van der Waals surface area contributed by atoms with Gasteiger partial charge >= 0.3 is 0 Å². The minimum Gasteiger partial charge on any atom is -0.495 e. The molecule has 2 atom stereocenters. The van der Waals surface area contributed by atoms with Crippen molar-refractivity contribution in [2.24, 2.45) is 0 Å². The molecule has 0 radical (unpaired) electrons. The molecule has 162 valence electrons. The SMILES string of the molecule is CCOc1ccc([C@H]2Nn3c(CC)nnc3S[C@H]2C(=O)Nc2ccccc2OC)cc1. The lowest BCUT2D eigenvalue weighted by Crippen LogP contribution is -2.41. The van der Waals surface area contributed by atoms with E-state index in [-0.39, 0.29) is 11.9 Å². The van der Waals surface area contributed by atoms with Crippen molar-refractivity contribution in [2.75, 3.05) is 24.5 Å². The number of methoxy groups -OCH3 is 1. The Labute approximate surface area is 185 Å². The summed E-state index contributed by atoms with van der Waals surface area (Å²) < 4.78 is 12.8. The first-order valence-corrected chi connectivity index (χ1v) is 11.1.